The Labute approximate surface area is 137 Å². The maximum absolute atomic E-state index is 12.7. The molecule has 120 valence electrons. The van der Waals surface area contributed by atoms with Crippen molar-refractivity contribution >= 4 is 22.8 Å². The summed E-state index contributed by atoms with van der Waals surface area (Å²) in [7, 11) is 0. The summed E-state index contributed by atoms with van der Waals surface area (Å²) >= 11 is 1.46. The van der Waals surface area contributed by atoms with Crippen LogP contribution < -0.4 is 5.56 Å². The molecule has 0 N–H and O–H groups in total. The lowest BCUT2D eigenvalue weighted by Gasteiger charge is -2.12. The molecule has 0 bridgehead atoms. The summed E-state index contributed by atoms with van der Waals surface area (Å²) in [5.41, 5.74) is 0.535. The van der Waals surface area contributed by atoms with Gasteiger partial charge in [0.25, 0.3) is 5.56 Å². The number of nitrogens with zero attached hydrogens (tertiary/aromatic N) is 6. The van der Waals surface area contributed by atoms with Gasteiger partial charge in [0.15, 0.2) is 16.6 Å². The minimum absolute atomic E-state index is 0.000467. The summed E-state index contributed by atoms with van der Waals surface area (Å²) < 4.78 is 5.50. The monoisotopic (exact) mass is 330 g/mol. The van der Waals surface area contributed by atoms with Gasteiger partial charge in [-0.2, -0.15) is 5.10 Å². The lowest BCUT2D eigenvalue weighted by atomic mass is 10.4. The molecule has 0 spiro atoms. The number of fused-ring (bicyclic) bond motifs is 1. The summed E-state index contributed by atoms with van der Waals surface area (Å²) in [6.45, 7) is 3.97. The summed E-state index contributed by atoms with van der Waals surface area (Å²) in [4.78, 5) is 21.5. The van der Waals surface area contributed by atoms with E-state index in [1.807, 2.05) is 41.7 Å². The second kappa shape index (κ2) is 5.23. The zero-order chi connectivity index (χ0) is 16.1. The Kier molecular flexibility index (Phi) is 3.29. The van der Waals surface area contributed by atoms with Crippen molar-refractivity contribution in [1.29, 1.82) is 0 Å². The fraction of sp³-hybridized carbons (Fsp3) is 0.467. The SMILES string of the molecule is CSc1ncc2c(=O)n(C(C)C)n(-c3ccn(C4CC4)n3)c2n1. The molecule has 0 aromatic carbocycles. The van der Waals surface area contributed by atoms with Crippen molar-refractivity contribution in [3.8, 4) is 5.82 Å². The molecule has 3 aromatic rings. The van der Waals surface area contributed by atoms with Gasteiger partial charge in [-0.1, -0.05) is 11.8 Å². The van der Waals surface area contributed by atoms with Crippen LogP contribution in [0.1, 0.15) is 38.8 Å². The van der Waals surface area contributed by atoms with Crippen molar-refractivity contribution in [2.45, 2.75) is 43.9 Å². The van der Waals surface area contributed by atoms with Gasteiger partial charge < -0.3 is 0 Å². The molecule has 0 aliphatic heterocycles. The second-order valence-corrected chi connectivity index (χ2v) is 6.81. The van der Waals surface area contributed by atoms with Gasteiger partial charge >= 0.3 is 0 Å². The minimum Gasteiger partial charge on any atom is -0.268 e. The molecule has 1 saturated carbocycles. The molecule has 4 rings (SSSR count). The maximum Gasteiger partial charge on any atom is 0.278 e. The van der Waals surface area contributed by atoms with E-state index in [0.717, 1.165) is 5.82 Å². The minimum atomic E-state index is -0.0800. The molecule has 1 aliphatic rings. The van der Waals surface area contributed by atoms with Crippen LogP contribution in [0.3, 0.4) is 0 Å². The Morgan fingerprint density at radius 1 is 1.35 bits per heavy atom. The fourth-order valence-corrected chi connectivity index (χ4v) is 3.09. The van der Waals surface area contributed by atoms with E-state index in [9.17, 15) is 4.79 Å². The zero-order valence-electron chi connectivity index (χ0n) is 13.3. The van der Waals surface area contributed by atoms with Crippen LogP contribution in [0.15, 0.2) is 28.4 Å². The van der Waals surface area contributed by atoms with Crippen LogP contribution in [0.5, 0.6) is 0 Å². The molecule has 3 heterocycles. The van der Waals surface area contributed by atoms with E-state index in [0.29, 0.717) is 22.2 Å². The number of thioether (sulfide) groups is 1. The van der Waals surface area contributed by atoms with Gasteiger partial charge in [-0.3, -0.25) is 9.48 Å². The molecule has 0 saturated heterocycles. The molecule has 7 nitrogen and oxygen atoms in total. The third kappa shape index (κ3) is 2.28. The van der Waals surface area contributed by atoms with E-state index in [-0.39, 0.29) is 11.6 Å². The van der Waals surface area contributed by atoms with Crippen LogP contribution in [0.2, 0.25) is 0 Å². The van der Waals surface area contributed by atoms with Gasteiger partial charge in [-0.25, -0.2) is 19.3 Å². The summed E-state index contributed by atoms with van der Waals surface area (Å²) in [6, 6.07) is 2.44. The van der Waals surface area contributed by atoms with E-state index in [2.05, 4.69) is 15.1 Å². The highest BCUT2D eigenvalue weighted by Crippen LogP contribution is 2.34. The topological polar surface area (TPSA) is 70.5 Å². The van der Waals surface area contributed by atoms with Crippen molar-refractivity contribution < 1.29 is 0 Å². The van der Waals surface area contributed by atoms with Crippen molar-refractivity contribution in [1.82, 2.24) is 29.1 Å². The van der Waals surface area contributed by atoms with Crippen LogP contribution in [-0.2, 0) is 0 Å². The molecule has 8 heteroatoms. The van der Waals surface area contributed by atoms with Gasteiger partial charge in [-0.05, 0) is 32.9 Å². The quantitative estimate of drug-likeness (QED) is 0.543. The summed E-state index contributed by atoms with van der Waals surface area (Å²) in [6.07, 6.45) is 7.85. The van der Waals surface area contributed by atoms with Gasteiger partial charge in [0, 0.05) is 24.5 Å². The number of hydrogen-bond donors (Lipinski definition) is 0. The standard InChI is InChI=1S/C15H18N6OS/c1-9(2)20-14(22)11-8-16-15(23-3)17-13(11)21(20)12-6-7-19(18-12)10-4-5-10/h6-10H,4-5H2,1-3H3. The summed E-state index contributed by atoms with van der Waals surface area (Å²) in [5, 5.41) is 5.83. The molecule has 0 radical (unpaired) electrons. The molecule has 0 atom stereocenters. The van der Waals surface area contributed by atoms with E-state index in [1.165, 1.54) is 24.6 Å². The highest BCUT2D eigenvalue weighted by atomic mass is 32.2. The lowest BCUT2D eigenvalue weighted by molar-refractivity contribution is 0.467. The molecular formula is C15H18N6OS. The van der Waals surface area contributed by atoms with E-state index in [4.69, 9.17) is 0 Å². The van der Waals surface area contributed by atoms with Crippen LogP contribution in [0.25, 0.3) is 16.9 Å². The van der Waals surface area contributed by atoms with Crippen LogP contribution in [0.4, 0.5) is 0 Å². The smallest absolute Gasteiger partial charge is 0.268 e. The lowest BCUT2D eigenvalue weighted by Crippen LogP contribution is -2.24. The maximum atomic E-state index is 12.7. The Balaban J connectivity index is 2.00. The molecule has 0 amide bonds. The van der Waals surface area contributed by atoms with E-state index >= 15 is 0 Å². The third-order valence-corrected chi connectivity index (χ3v) is 4.57. The van der Waals surface area contributed by atoms with Gasteiger partial charge in [0.2, 0.25) is 0 Å². The third-order valence-electron chi connectivity index (χ3n) is 4.01. The first-order chi connectivity index (χ1) is 11.1. The van der Waals surface area contributed by atoms with Crippen LogP contribution in [0, 0.1) is 0 Å². The molecule has 1 fully saturated rings. The highest BCUT2D eigenvalue weighted by Gasteiger charge is 2.26. The van der Waals surface area contributed by atoms with Gasteiger partial charge in [0.1, 0.15) is 5.39 Å². The Morgan fingerprint density at radius 3 is 2.78 bits per heavy atom. The first-order valence-corrected chi connectivity index (χ1v) is 8.92. The average Bonchev–Trinajstić information content (AvgIpc) is 3.20. The van der Waals surface area contributed by atoms with E-state index < -0.39 is 0 Å². The van der Waals surface area contributed by atoms with Crippen molar-refractivity contribution in [3.05, 3.63) is 28.8 Å². The van der Waals surface area contributed by atoms with Crippen LogP contribution in [-0.4, -0.2) is 35.4 Å². The Morgan fingerprint density at radius 2 is 2.13 bits per heavy atom. The number of aromatic nitrogens is 6. The fourth-order valence-electron chi connectivity index (χ4n) is 2.75. The molecular weight excluding hydrogens is 312 g/mol. The number of rotatable bonds is 4. The predicted molar refractivity (Wildman–Crippen MR) is 89.3 cm³/mol. The Hall–Kier alpha value is -2.09. The first-order valence-electron chi connectivity index (χ1n) is 7.70. The zero-order valence-corrected chi connectivity index (χ0v) is 14.1. The molecule has 0 unspecified atom stereocenters. The molecule has 3 aromatic heterocycles. The first kappa shape index (κ1) is 14.5. The number of hydrogen-bond acceptors (Lipinski definition) is 5. The highest BCUT2D eigenvalue weighted by molar-refractivity contribution is 7.98. The van der Waals surface area contributed by atoms with Gasteiger partial charge in [0.05, 0.1) is 6.04 Å². The average molecular weight is 330 g/mol. The second-order valence-electron chi connectivity index (χ2n) is 6.03. The van der Waals surface area contributed by atoms with Crippen molar-refractivity contribution in [3.63, 3.8) is 0 Å². The van der Waals surface area contributed by atoms with E-state index in [1.54, 1.807) is 10.9 Å². The van der Waals surface area contributed by atoms with Crippen LogP contribution >= 0.6 is 11.8 Å². The Bertz CT molecular complexity index is 933. The summed E-state index contributed by atoms with van der Waals surface area (Å²) in [5.74, 6) is 0.725. The largest absolute Gasteiger partial charge is 0.278 e. The van der Waals surface area contributed by atoms with Gasteiger partial charge in [-0.15, -0.1) is 0 Å². The normalized spacial score (nSPS) is 15.0. The predicted octanol–water partition coefficient (Wildman–Crippen LogP) is 2.42. The molecule has 1 aliphatic carbocycles. The van der Waals surface area contributed by atoms with Crippen molar-refractivity contribution in [2.75, 3.05) is 6.26 Å². The molecule has 23 heavy (non-hydrogen) atoms. The van der Waals surface area contributed by atoms with Crippen molar-refractivity contribution in [2.24, 2.45) is 0 Å².